The lowest BCUT2D eigenvalue weighted by Gasteiger charge is -2.13. The van der Waals surface area contributed by atoms with E-state index >= 15 is 0 Å². The zero-order valence-electron chi connectivity index (χ0n) is 19.9. The van der Waals surface area contributed by atoms with Crippen LogP contribution in [0.15, 0.2) is 91.0 Å². The highest BCUT2D eigenvalue weighted by Gasteiger charge is 2.12. The number of para-hydroxylation sites is 2. The smallest absolute Gasteiger partial charge is 0.251 e. The van der Waals surface area contributed by atoms with Crippen molar-refractivity contribution in [2.24, 2.45) is 0 Å². The first-order valence-electron chi connectivity index (χ1n) is 12.1. The minimum atomic E-state index is -0.0277. The lowest BCUT2D eigenvalue weighted by atomic mass is 10.1. The largest absolute Gasteiger partial charge is 0.491 e. The summed E-state index contributed by atoms with van der Waals surface area (Å²) in [6, 6.07) is 30.3. The van der Waals surface area contributed by atoms with Gasteiger partial charge in [-0.05, 0) is 48.6 Å². The molecule has 1 amide bonds. The Bertz CT molecular complexity index is 1470. The number of fused-ring (bicyclic) bond motifs is 2. The van der Waals surface area contributed by atoms with E-state index in [1.165, 1.54) is 5.39 Å². The second-order valence-corrected chi connectivity index (χ2v) is 8.67. The molecule has 0 saturated heterocycles. The molecule has 0 radical (unpaired) electrons. The Hall–Kier alpha value is -4.12. The molecule has 5 aromatic rings. The predicted molar refractivity (Wildman–Crippen MR) is 141 cm³/mol. The van der Waals surface area contributed by atoms with Crippen LogP contribution in [0.25, 0.3) is 21.8 Å². The third kappa shape index (κ3) is 5.04. The summed E-state index contributed by atoms with van der Waals surface area (Å²) in [6.07, 6.45) is 1.59. The second kappa shape index (κ2) is 10.4. The third-order valence-corrected chi connectivity index (χ3v) is 6.31. The molecule has 5 nitrogen and oxygen atoms in total. The van der Waals surface area contributed by atoms with Crippen molar-refractivity contribution in [3.8, 4) is 5.75 Å². The monoisotopic (exact) mass is 463 g/mol. The Kier molecular flexibility index (Phi) is 6.75. The van der Waals surface area contributed by atoms with Crippen LogP contribution in [0.2, 0.25) is 0 Å². The predicted octanol–water partition coefficient (Wildman–Crippen LogP) is 5.94. The molecule has 4 aromatic carbocycles. The number of nitrogens with zero attached hydrogens (tertiary/aromatic N) is 2. The zero-order valence-corrected chi connectivity index (χ0v) is 19.9. The number of imidazole rings is 1. The molecule has 0 aliphatic rings. The van der Waals surface area contributed by atoms with Crippen molar-refractivity contribution in [1.29, 1.82) is 0 Å². The highest BCUT2D eigenvalue weighted by molar-refractivity contribution is 5.95. The lowest BCUT2D eigenvalue weighted by molar-refractivity contribution is 0.0952. The van der Waals surface area contributed by atoms with E-state index in [9.17, 15) is 4.79 Å². The first-order chi connectivity index (χ1) is 17.2. The van der Waals surface area contributed by atoms with Crippen molar-refractivity contribution in [2.75, 3.05) is 13.2 Å². The summed E-state index contributed by atoms with van der Waals surface area (Å²) in [7, 11) is 0. The number of amides is 1. The van der Waals surface area contributed by atoms with Crippen molar-refractivity contribution in [2.45, 2.75) is 26.3 Å². The van der Waals surface area contributed by atoms with Crippen LogP contribution in [0, 0.1) is 6.92 Å². The average Bonchev–Trinajstić information content (AvgIpc) is 3.24. The Morgan fingerprint density at radius 3 is 2.60 bits per heavy atom. The van der Waals surface area contributed by atoms with Gasteiger partial charge in [0.15, 0.2) is 0 Å². The van der Waals surface area contributed by atoms with Crippen LogP contribution in [-0.2, 0) is 13.0 Å². The molecule has 176 valence electrons. The molecule has 0 aliphatic heterocycles. The van der Waals surface area contributed by atoms with Crippen molar-refractivity contribution >= 4 is 27.7 Å². The SMILES string of the molecule is Cc1ccccc1C(=O)NCCCc1nc2ccccc2n1CCOc1cccc2ccccc12. The van der Waals surface area contributed by atoms with Crippen molar-refractivity contribution < 1.29 is 9.53 Å². The fourth-order valence-corrected chi connectivity index (χ4v) is 4.51. The van der Waals surface area contributed by atoms with E-state index in [1.807, 2.05) is 73.7 Å². The number of carbonyl (C=O) groups is 1. The van der Waals surface area contributed by atoms with Gasteiger partial charge < -0.3 is 14.6 Å². The van der Waals surface area contributed by atoms with Gasteiger partial charge in [0.1, 0.15) is 18.2 Å². The molecule has 0 unspecified atom stereocenters. The van der Waals surface area contributed by atoms with Gasteiger partial charge in [-0.1, -0.05) is 66.7 Å². The molecule has 5 heteroatoms. The van der Waals surface area contributed by atoms with Crippen LogP contribution in [0.3, 0.4) is 0 Å². The Morgan fingerprint density at radius 1 is 0.914 bits per heavy atom. The highest BCUT2D eigenvalue weighted by atomic mass is 16.5. The van der Waals surface area contributed by atoms with Crippen LogP contribution in [-0.4, -0.2) is 28.6 Å². The first-order valence-corrected chi connectivity index (χ1v) is 12.1. The summed E-state index contributed by atoms with van der Waals surface area (Å²) < 4.78 is 8.45. The van der Waals surface area contributed by atoms with Gasteiger partial charge in [-0.25, -0.2) is 4.98 Å². The Morgan fingerprint density at radius 2 is 1.69 bits per heavy atom. The number of ether oxygens (including phenoxy) is 1. The van der Waals surface area contributed by atoms with E-state index in [-0.39, 0.29) is 5.91 Å². The summed E-state index contributed by atoms with van der Waals surface area (Å²) >= 11 is 0. The van der Waals surface area contributed by atoms with Crippen molar-refractivity contribution in [3.63, 3.8) is 0 Å². The van der Waals surface area contributed by atoms with Crippen LogP contribution >= 0.6 is 0 Å². The molecule has 1 N–H and O–H groups in total. The lowest BCUT2D eigenvalue weighted by Crippen LogP contribution is -2.25. The van der Waals surface area contributed by atoms with Gasteiger partial charge in [-0.3, -0.25) is 4.79 Å². The number of hydrogen-bond acceptors (Lipinski definition) is 3. The van der Waals surface area contributed by atoms with E-state index < -0.39 is 0 Å². The molecular formula is C30H29N3O2. The standard InChI is InChI=1S/C30H29N3O2/c1-22-10-2-4-13-24(22)30(34)31-19-9-18-29-32-26-15-6-7-16-27(26)33(29)20-21-35-28-17-8-12-23-11-3-5-14-25(23)28/h2-8,10-17H,9,18-21H2,1H3,(H,31,34). The van der Waals surface area contributed by atoms with Crippen molar-refractivity contribution in [1.82, 2.24) is 14.9 Å². The molecule has 1 heterocycles. The summed E-state index contributed by atoms with van der Waals surface area (Å²) in [6.45, 7) is 3.81. The minimum absolute atomic E-state index is 0.0277. The topological polar surface area (TPSA) is 56.2 Å². The minimum Gasteiger partial charge on any atom is -0.491 e. The van der Waals surface area contributed by atoms with Gasteiger partial charge in [0, 0.05) is 23.9 Å². The molecule has 0 aliphatic carbocycles. The molecule has 0 spiro atoms. The first kappa shape index (κ1) is 22.7. The van der Waals surface area contributed by atoms with E-state index in [2.05, 4.69) is 34.1 Å². The molecule has 0 bridgehead atoms. The number of benzene rings is 4. The summed E-state index contributed by atoms with van der Waals surface area (Å²) in [4.78, 5) is 17.4. The summed E-state index contributed by atoms with van der Waals surface area (Å²) in [5, 5.41) is 5.34. The fraction of sp³-hybridized carbons (Fsp3) is 0.200. The van der Waals surface area contributed by atoms with Gasteiger partial charge in [0.05, 0.1) is 17.6 Å². The number of carbonyl (C=O) groups excluding carboxylic acids is 1. The Labute approximate surface area is 205 Å². The molecule has 35 heavy (non-hydrogen) atoms. The average molecular weight is 464 g/mol. The molecule has 0 atom stereocenters. The van der Waals surface area contributed by atoms with Crippen LogP contribution in [0.1, 0.15) is 28.2 Å². The van der Waals surface area contributed by atoms with E-state index in [0.29, 0.717) is 19.7 Å². The maximum Gasteiger partial charge on any atom is 0.251 e. The summed E-state index contributed by atoms with van der Waals surface area (Å²) in [5.74, 6) is 1.88. The van der Waals surface area contributed by atoms with Crippen molar-refractivity contribution in [3.05, 3.63) is 108 Å². The van der Waals surface area contributed by atoms with E-state index in [0.717, 1.165) is 52.0 Å². The van der Waals surface area contributed by atoms with Gasteiger partial charge in [-0.15, -0.1) is 0 Å². The highest BCUT2D eigenvalue weighted by Crippen LogP contribution is 2.25. The number of aromatic nitrogens is 2. The van der Waals surface area contributed by atoms with Crippen LogP contribution in [0.4, 0.5) is 0 Å². The number of hydrogen-bond donors (Lipinski definition) is 1. The molecule has 5 rings (SSSR count). The van der Waals surface area contributed by atoms with Gasteiger partial charge in [-0.2, -0.15) is 0 Å². The maximum absolute atomic E-state index is 12.5. The quantitative estimate of drug-likeness (QED) is 0.275. The molecule has 0 fully saturated rings. The fourth-order valence-electron chi connectivity index (χ4n) is 4.51. The molecule has 0 saturated carbocycles. The summed E-state index contributed by atoms with van der Waals surface area (Å²) in [5.41, 5.74) is 3.80. The van der Waals surface area contributed by atoms with Gasteiger partial charge in [0.2, 0.25) is 0 Å². The zero-order chi connectivity index (χ0) is 24.0. The van der Waals surface area contributed by atoms with Gasteiger partial charge in [0.25, 0.3) is 5.91 Å². The number of rotatable bonds is 9. The molecular weight excluding hydrogens is 434 g/mol. The second-order valence-electron chi connectivity index (χ2n) is 8.67. The maximum atomic E-state index is 12.5. The number of aryl methyl sites for hydroxylation is 2. The third-order valence-electron chi connectivity index (χ3n) is 6.31. The van der Waals surface area contributed by atoms with E-state index in [4.69, 9.17) is 9.72 Å². The Balaban J connectivity index is 1.24. The van der Waals surface area contributed by atoms with Gasteiger partial charge >= 0.3 is 0 Å². The van der Waals surface area contributed by atoms with Crippen LogP contribution < -0.4 is 10.1 Å². The number of nitrogens with one attached hydrogen (secondary N) is 1. The van der Waals surface area contributed by atoms with Crippen LogP contribution in [0.5, 0.6) is 5.75 Å². The normalized spacial score (nSPS) is 11.1. The van der Waals surface area contributed by atoms with E-state index in [1.54, 1.807) is 0 Å². The molecule has 1 aromatic heterocycles.